The Morgan fingerprint density at radius 2 is 1.93 bits per heavy atom. The highest BCUT2D eigenvalue weighted by Crippen LogP contribution is 2.23. The lowest BCUT2D eigenvalue weighted by Crippen LogP contribution is -3.00. The molecule has 3 rings (SSSR count). The van der Waals surface area contributed by atoms with Crippen LogP contribution in [0.1, 0.15) is 13.3 Å². The zero-order chi connectivity index (χ0) is 21.1. The Morgan fingerprint density at radius 3 is 2.63 bits per heavy atom. The number of hydrogen-bond donors (Lipinski definition) is 2. The molecule has 2 heterocycles. The van der Waals surface area contributed by atoms with Crippen molar-refractivity contribution in [3.8, 4) is 5.75 Å². The van der Waals surface area contributed by atoms with E-state index in [1.807, 2.05) is 12.2 Å². The van der Waals surface area contributed by atoms with Crippen LogP contribution in [0.25, 0.3) is 11.2 Å². The minimum atomic E-state index is -0.992. The number of fused-ring (bicyclic) bond motifs is 1. The lowest BCUT2D eigenvalue weighted by Gasteiger charge is -2.16. The van der Waals surface area contributed by atoms with E-state index in [0.717, 1.165) is 11.0 Å². The highest BCUT2D eigenvalue weighted by atomic mass is 35.5. The van der Waals surface area contributed by atoms with Crippen molar-refractivity contribution < 1.29 is 27.6 Å². The lowest BCUT2D eigenvalue weighted by atomic mass is 10.2. The topological polar surface area (TPSA) is 108 Å². The first kappa shape index (κ1) is 23.9. The summed E-state index contributed by atoms with van der Waals surface area (Å²) in [7, 11) is 3.05. The largest absolute Gasteiger partial charge is 1.00 e. The van der Waals surface area contributed by atoms with Gasteiger partial charge in [0.1, 0.15) is 12.3 Å². The van der Waals surface area contributed by atoms with Gasteiger partial charge in [0.05, 0.1) is 17.4 Å². The Labute approximate surface area is 184 Å². The van der Waals surface area contributed by atoms with Crippen molar-refractivity contribution in [2.24, 2.45) is 14.1 Å². The molecule has 0 amide bonds. The van der Waals surface area contributed by atoms with Gasteiger partial charge in [-0.3, -0.25) is 13.9 Å². The van der Waals surface area contributed by atoms with Gasteiger partial charge in [0, 0.05) is 27.1 Å². The lowest BCUT2D eigenvalue weighted by molar-refractivity contribution is -0.696. The zero-order valence-corrected chi connectivity index (χ0v) is 18.5. The molecule has 1 aromatic carbocycles. The Kier molecular flexibility index (Phi) is 8.08. The number of quaternary nitrogens is 1. The fourth-order valence-electron chi connectivity index (χ4n) is 3.11. The highest BCUT2D eigenvalue weighted by molar-refractivity contribution is 6.32. The van der Waals surface area contributed by atoms with E-state index < -0.39 is 12.0 Å². The number of para-hydroxylation sites is 1. The number of rotatable bonds is 8. The van der Waals surface area contributed by atoms with Crippen LogP contribution in [0.2, 0.25) is 5.02 Å². The third kappa shape index (κ3) is 5.04. The van der Waals surface area contributed by atoms with Gasteiger partial charge >= 0.3 is 5.69 Å². The predicted molar refractivity (Wildman–Crippen MR) is 109 cm³/mol. The molecule has 30 heavy (non-hydrogen) atoms. The van der Waals surface area contributed by atoms with Gasteiger partial charge in [-0.15, -0.1) is 0 Å². The van der Waals surface area contributed by atoms with Crippen LogP contribution in [-0.2, 0) is 20.6 Å². The molecule has 0 bridgehead atoms. The number of aliphatic hydroxyl groups is 1. The smallest absolute Gasteiger partial charge is 0.332 e. The summed E-state index contributed by atoms with van der Waals surface area (Å²) in [6.07, 6.45) is 1.32. The number of nitrogens with two attached hydrogens (primary N) is 1. The van der Waals surface area contributed by atoms with Crippen molar-refractivity contribution in [1.82, 2.24) is 18.7 Å². The third-order valence-electron chi connectivity index (χ3n) is 4.88. The normalized spacial score (nSPS) is 13.1. The number of imidazole rings is 1. The molecule has 9 nitrogen and oxygen atoms in total. The molecule has 0 radical (unpaired) electrons. The van der Waals surface area contributed by atoms with Crippen LogP contribution < -0.4 is 33.7 Å². The Bertz CT molecular complexity index is 1120. The fraction of sp³-hybridized carbons (Fsp3) is 0.421. The molecule has 0 aliphatic rings. The standard InChI is InChI=1S/C19H24ClN5O4.ClH/c1-12(21-10-15(26)29-14-7-5-4-6-13(14)20)8-9-25-11-22-17-16(25)18(27)24(3)19(28)23(17)2;/h4-7,11-12,15,21,26H,8-10H2,1-3H3;1H. The van der Waals surface area contributed by atoms with Crippen LogP contribution in [-0.4, -0.2) is 42.7 Å². The summed E-state index contributed by atoms with van der Waals surface area (Å²) >= 11 is 6.03. The van der Waals surface area contributed by atoms with Gasteiger partial charge in [-0.05, 0) is 19.1 Å². The Morgan fingerprint density at radius 1 is 1.23 bits per heavy atom. The molecule has 2 unspecified atom stereocenters. The number of aromatic nitrogens is 4. The first-order chi connectivity index (χ1) is 13.8. The molecule has 0 saturated heterocycles. The first-order valence-corrected chi connectivity index (χ1v) is 9.70. The molecule has 0 spiro atoms. The van der Waals surface area contributed by atoms with Crippen LogP contribution in [0.4, 0.5) is 0 Å². The molecular weight excluding hydrogens is 433 g/mol. The molecule has 2 aromatic heterocycles. The summed E-state index contributed by atoms with van der Waals surface area (Å²) < 4.78 is 9.67. The van der Waals surface area contributed by atoms with Crippen molar-refractivity contribution in [3.63, 3.8) is 0 Å². The molecule has 0 fully saturated rings. The van der Waals surface area contributed by atoms with Crippen LogP contribution >= 0.6 is 11.6 Å². The second-order valence-corrected chi connectivity index (χ2v) is 7.46. The number of halogens is 2. The SMILES string of the molecule is CC(CCn1cnc2c1c(=O)n(C)c(=O)n2C)[NH2+]CC(O)Oc1ccccc1Cl.[Cl-]. The van der Waals surface area contributed by atoms with Gasteiger partial charge < -0.3 is 32.1 Å². The monoisotopic (exact) mass is 457 g/mol. The number of ether oxygens (including phenoxy) is 1. The van der Waals surface area contributed by atoms with Gasteiger partial charge in [0.15, 0.2) is 11.2 Å². The van der Waals surface area contributed by atoms with Crippen molar-refractivity contribution in [2.45, 2.75) is 32.2 Å². The molecule has 164 valence electrons. The minimum absolute atomic E-state index is 0. The molecule has 0 aliphatic carbocycles. The van der Waals surface area contributed by atoms with E-state index in [2.05, 4.69) is 4.98 Å². The average molecular weight is 458 g/mol. The molecule has 11 heteroatoms. The van der Waals surface area contributed by atoms with Gasteiger partial charge in [-0.1, -0.05) is 23.7 Å². The maximum absolute atomic E-state index is 12.5. The highest BCUT2D eigenvalue weighted by Gasteiger charge is 2.16. The van der Waals surface area contributed by atoms with Crippen molar-refractivity contribution >= 4 is 22.8 Å². The quantitative estimate of drug-likeness (QED) is 0.347. The number of aliphatic hydroxyl groups excluding tert-OH is 1. The summed E-state index contributed by atoms with van der Waals surface area (Å²) in [5, 5.41) is 12.5. The van der Waals surface area contributed by atoms with Crippen molar-refractivity contribution in [1.29, 1.82) is 0 Å². The predicted octanol–water partition coefficient (Wildman–Crippen LogP) is -3.17. The van der Waals surface area contributed by atoms with E-state index >= 15 is 0 Å². The van der Waals surface area contributed by atoms with Crippen molar-refractivity contribution in [2.75, 3.05) is 6.54 Å². The summed E-state index contributed by atoms with van der Waals surface area (Å²) in [6, 6.07) is 7.14. The second-order valence-electron chi connectivity index (χ2n) is 7.06. The summed E-state index contributed by atoms with van der Waals surface area (Å²) in [5.41, 5.74) is 0.0185. The third-order valence-corrected chi connectivity index (χ3v) is 5.19. The number of hydrogen-bond acceptors (Lipinski definition) is 5. The van der Waals surface area contributed by atoms with Gasteiger partial charge in [0.2, 0.25) is 6.29 Å². The first-order valence-electron chi connectivity index (χ1n) is 9.33. The fourth-order valence-corrected chi connectivity index (χ4v) is 3.29. The van der Waals surface area contributed by atoms with E-state index in [4.69, 9.17) is 16.3 Å². The van der Waals surface area contributed by atoms with Crippen molar-refractivity contribution in [3.05, 3.63) is 56.5 Å². The van der Waals surface area contributed by atoms with E-state index in [0.29, 0.717) is 35.0 Å². The molecule has 0 saturated carbocycles. The second kappa shape index (κ2) is 10.1. The average Bonchev–Trinajstić information content (AvgIpc) is 3.13. The molecule has 0 aliphatic heterocycles. The van der Waals surface area contributed by atoms with Gasteiger partial charge in [-0.25, -0.2) is 9.78 Å². The van der Waals surface area contributed by atoms with Crippen LogP contribution in [0.15, 0.2) is 40.2 Å². The Hall–Kier alpha value is -2.33. The van der Waals surface area contributed by atoms with Gasteiger partial charge in [-0.2, -0.15) is 0 Å². The molecule has 3 N–H and O–H groups in total. The van der Waals surface area contributed by atoms with Gasteiger partial charge in [0.25, 0.3) is 5.56 Å². The van der Waals surface area contributed by atoms with Crippen LogP contribution in [0, 0.1) is 0 Å². The number of benzene rings is 1. The zero-order valence-electron chi connectivity index (χ0n) is 17.0. The summed E-state index contributed by atoms with van der Waals surface area (Å²) in [4.78, 5) is 28.7. The van der Waals surface area contributed by atoms with Crippen LogP contribution in [0.3, 0.4) is 0 Å². The van der Waals surface area contributed by atoms with Crippen LogP contribution in [0.5, 0.6) is 5.75 Å². The number of nitrogens with zero attached hydrogens (tertiary/aromatic N) is 4. The molecular formula is C19H25Cl2N5O4. The molecule has 3 aromatic rings. The Balaban J connectivity index is 0.00000320. The minimum Gasteiger partial charge on any atom is -1.00 e. The number of aryl methyl sites for hydroxylation is 2. The summed E-state index contributed by atoms with van der Waals surface area (Å²) in [6.45, 7) is 2.92. The maximum Gasteiger partial charge on any atom is 0.332 e. The van der Waals surface area contributed by atoms with E-state index in [1.165, 1.54) is 11.6 Å². The van der Waals surface area contributed by atoms with E-state index in [1.54, 1.807) is 42.2 Å². The van der Waals surface area contributed by atoms with E-state index in [9.17, 15) is 14.7 Å². The van der Waals surface area contributed by atoms with E-state index in [-0.39, 0.29) is 24.0 Å². The molecule has 2 atom stereocenters. The summed E-state index contributed by atoms with van der Waals surface area (Å²) in [5.74, 6) is 0.439. The maximum atomic E-state index is 12.5.